The quantitative estimate of drug-likeness (QED) is 0.253. The van der Waals surface area contributed by atoms with E-state index in [1.165, 1.54) is 0 Å². The van der Waals surface area contributed by atoms with Gasteiger partial charge in [0.1, 0.15) is 12.3 Å². The minimum Gasteiger partial charge on any atom is -1.00 e. The third-order valence-corrected chi connectivity index (χ3v) is 3.27. The number of rotatable bonds is 6. The first-order valence-corrected chi connectivity index (χ1v) is 6.74. The number of hydrogen-bond donors (Lipinski definition) is 1. The number of esters is 1. The fraction of sp³-hybridized carbons (Fsp3) is 0.438. The van der Waals surface area contributed by atoms with Crippen LogP contribution in [0.4, 0.5) is 0 Å². The predicted octanol–water partition coefficient (Wildman–Crippen LogP) is -0.523. The number of carbonyl (C=O) groups excluding carboxylic acids is 1. The summed E-state index contributed by atoms with van der Waals surface area (Å²) in [6.45, 7) is 7.72. The molecule has 0 aliphatic rings. The number of ether oxygens (including phenoxy) is 1. The van der Waals surface area contributed by atoms with Crippen LogP contribution >= 0.6 is 0 Å². The smallest absolute Gasteiger partial charge is 0.338 e. The van der Waals surface area contributed by atoms with E-state index >= 15 is 0 Å². The van der Waals surface area contributed by atoms with Gasteiger partial charge in [-0.05, 0) is 19.1 Å². The number of aliphatic hydroxyl groups is 1. The van der Waals surface area contributed by atoms with Crippen molar-refractivity contribution in [2.75, 3.05) is 14.1 Å². The Morgan fingerprint density at radius 1 is 1.38 bits per heavy atom. The van der Waals surface area contributed by atoms with E-state index in [1.54, 1.807) is 13.0 Å². The molecule has 0 saturated carbocycles. The molecular weight excluding hydrogens is 290 g/mol. The van der Waals surface area contributed by atoms with Gasteiger partial charge in [-0.1, -0.05) is 25.6 Å². The molecule has 0 heterocycles. The van der Waals surface area contributed by atoms with Gasteiger partial charge in [0.15, 0.2) is 6.23 Å². The Kier molecular flexibility index (Phi) is 7.64. The minimum absolute atomic E-state index is 0. The minimum atomic E-state index is -0.458. The van der Waals surface area contributed by atoms with E-state index < -0.39 is 12.2 Å². The number of hydrogen-bond acceptors (Lipinski definition) is 3. The lowest BCUT2D eigenvalue weighted by Gasteiger charge is -2.34. The first-order valence-electron chi connectivity index (χ1n) is 6.74. The van der Waals surface area contributed by atoms with E-state index in [9.17, 15) is 9.90 Å². The Balaban J connectivity index is 0.00000400. The molecule has 0 aromatic heterocycles. The lowest BCUT2D eigenvalue weighted by atomic mass is 10.1. The summed E-state index contributed by atoms with van der Waals surface area (Å²) in [4.78, 5) is 11.6. The van der Waals surface area contributed by atoms with E-state index in [0.29, 0.717) is 28.8 Å². The van der Waals surface area contributed by atoms with E-state index in [2.05, 4.69) is 6.58 Å². The van der Waals surface area contributed by atoms with Crippen molar-refractivity contribution in [3.8, 4) is 5.75 Å². The van der Waals surface area contributed by atoms with Crippen molar-refractivity contribution < 1.29 is 31.5 Å². The van der Waals surface area contributed by atoms with Crippen molar-refractivity contribution in [1.82, 2.24) is 0 Å². The average Bonchev–Trinajstić information content (AvgIpc) is 2.39. The van der Waals surface area contributed by atoms with Gasteiger partial charge < -0.3 is 22.3 Å². The number of quaternary nitrogens is 1. The summed E-state index contributed by atoms with van der Waals surface area (Å²) >= 11 is 0. The Labute approximate surface area is 133 Å². The summed E-state index contributed by atoms with van der Waals surface area (Å²) in [5.41, 5.74) is 1.25. The van der Waals surface area contributed by atoms with Crippen LogP contribution < -0.4 is 17.1 Å². The van der Waals surface area contributed by atoms with Gasteiger partial charge in [0, 0.05) is 17.6 Å². The molecule has 0 radical (unpaired) electrons. The predicted molar refractivity (Wildman–Crippen MR) is 79.0 cm³/mol. The molecule has 1 rings (SSSR count). The maximum absolute atomic E-state index is 11.6. The van der Waals surface area contributed by atoms with Crippen molar-refractivity contribution in [2.24, 2.45) is 0 Å². The lowest BCUT2D eigenvalue weighted by molar-refractivity contribution is -0.949. The van der Waals surface area contributed by atoms with Gasteiger partial charge in [-0.3, -0.25) is 4.48 Å². The molecule has 0 spiro atoms. The fourth-order valence-electron chi connectivity index (χ4n) is 1.96. The molecule has 118 valence electrons. The molecule has 1 aromatic carbocycles. The maximum atomic E-state index is 11.6. The van der Waals surface area contributed by atoms with Crippen LogP contribution in [0.25, 0.3) is 0 Å². The Hall–Kier alpha value is -1.36. The number of halogens is 1. The molecular formula is C16H24ClNO3. The zero-order valence-corrected chi connectivity index (χ0v) is 13.9. The summed E-state index contributed by atoms with van der Waals surface area (Å²) in [7, 11) is 3.90. The van der Waals surface area contributed by atoms with Crippen molar-refractivity contribution in [1.29, 1.82) is 0 Å². The zero-order chi connectivity index (χ0) is 15.3. The zero-order valence-electron chi connectivity index (χ0n) is 13.1. The van der Waals surface area contributed by atoms with Gasteiger partial charge in [0.2, 0.25) is 0 Å². The first kappa shape index (κ1) is 19.6. The fourth-order valence-corrected chi connectivity index (χ4v) is 1.96. The number of benzene rings is 1. The first-order chi connectivity index (χ1) is 9.27. The highest BCUT2D eigenvalue weighted by Gasteiger charge is 2.26. The molecule has 0 saturated heterocycles. The van der Waals surface area contributed by atoms with Gasteiger partial charge in [-0.25, -0.2) is 4.79 Å². The standard InChI is InChI=1S/C16H24NO3.ClH/c1-6-15(18)17(4,5)11-13-9-7-8-10-14(13)20-16(19)12(2)3;/h7-10,15,18H,2,6,11H2,1,3-5H3;1H/q+1;/p-1. The summed E-state index contributed by atoms with van der Waals surface area (Å²) in [6.07, 6.45) is 0.209. The molecule has 1 atom stereocenters. The monoisotopic (exact) mass is 313 g/mol. The molecule has 0 amide bonds. The van der Waals surface area contributed by atoms with Gasteiger partial charge >= 0.3 is 5.97 Å². The maximum Gasteiger partial charge on any atom is 0.338 e. The molecule has 1 aromatic rings. The summed E-state index contributed by atoms with van der Waals surface area (Å²) < 4.78 is 5.75. The topological polar surface area (TPSA) is 46.5 Å². The second-order valence-electron chi connectivity index (χ2n) is 5.60. The molecule has 21 heavy (non-hydrogen) atoms. The van der Waals surface area contributed by atoms with Crippen molar-refractivity contribution in [2.45, 2.75) is 33.0 Å². The number of para-hydroxylation sites is 1. The number of carbonyl (C=O) groups is 1. The van der Waals surface area contributed by atoms with E-state index in [-0.39, 0.29) is 12.4 Å². The highest BCUT2D eigenvalue weighted by molar-refractivity contribution is 5.88. The van der Waals surface area contributed by atoms with Crippen LogP contribution in [0, 0.1) is 0 Å². The van der Waals surface area contributed by atoms with Gasteiger partial charge in [-0.15, -0.1) is 0 Å². The van der Waals surface area contributed by atoms with Crippen LogP contribution in [0.15, 0.2) is 36.4 Å². The number of aliphatic hydroxyl groups excluding tert-OH is 1. The summed E-state index contributed by atoms with van der Waals surface area (Å²) in [5.74, 6) is 0.0915. The lowest BCUT2D eigenvalue weighted by Crippen LogP contribution is -3.00. The largest absolute Gasteiger partial charge is 1.00 e. The number of nitrogens with zero attached hydrogens (tertiary/aromatic N) is 1. The molecule has 1 unspecified atom stereocenters. The van der Waals surface area contributed by atoms with Gasteiger partial charge in [-0.2, -0.15) is 0 Å². The Bertz CT molecular complexity index is 500. The van der Waals surface area contributed by atoms with Crippen LogP contribution in [-0.2, 0) is 11.3 Å². The van der Waals surface area contributed by atoms with Crippen LogP contribution in [-0.4, -0.2) is 35.9 Å². The average molecular weight is 314 g/mol. The van der Waals surface area contributed by atoms with Crippen LogP contribution in [0.1, 0.15) is 25.8 Å². The van der Waals surface area contributed by atoms with Crippen LogP contribution in [0.5, 0.6) is 5.75 Å². The second kappa shape index (κ2) is 8.17. The summed E-state index contributed by atoms with van der Waals surface area (Å²) in [5, 5.41) is 10.1. The normalized spacial score (nSPS) is 12.2. The highest BCUT2D eigenvalue weighted by Crippen LogP contribution is 2.24. The van der Waals surface area contributed by atoms with Gasteiger partial charge in [0.05, 0.1) is 14.1 Å². The second-order valence-corrected chi connectivity index (χ2v) is 5.60. The Morgan fingerprint density at radius 3 is 2.48 bits per heavy atom. The van der Waals surface area contributed by atoms with Gasteiger partial charge in [0.25, 0.3) is 0 Å². The molecule has 0 bridgehead atoms. The van der Waals surface area contributed by atoms with E-state index in [1.807, 2.05) is 39.2 Å². The Morgan fingerprint density at radius 2 is 1.95 bits per heavy atom. The van der Waals surface area contributed by atoms with Crippen LogP contribution in [0.2, 0.25) is 0 Å². The van der Waals surface area contributed by atoms with Crippen molar-refractivity contribution >= 4 is 5.97 Å². The summed E-state index contributed by atoms with van der Waals surface area (Å²) in [6, 6.07) is 7.38. The van der Waals surface area contributed by atoms with E-state index in [0.717, 1.165) is 5.56 Å². The highest BCUT2D eigenvalue weighted by atomic mass is 35.5. The van der Waals surface area contributed by atoms with Crippen molar-refractivity contribution in [3.63, 3.8) is 0 Å². The van der Waals surface area contributed by atoms with E-state index in [4.69, 9.17) is 4.74 Å². The molecule has 5 heteroatoms. The third-order valence-electron chi connectivity index (χ3n) is 3.27. The molecule has 0 aliphatic heterocycles. The van der Waals surface area contributed by atoms with Crippen molar-refractivity contribution in [3.05, 3.63) is 42.0 Å². The molecule has 1 N–H and O–H groups in total. The molecule has 4 nitrogen and oxygen atoms in total. The van der Waals surface area contributed by atoms with Crippen LogP contribution in [0.3, 0.4) is 0 Å². The molecule has 0 aliphatic carbocycles. The molecule has 0 fully saturated rings. The SMILES string of the molecule is C=C(C)C(=O)Oc1ccccc1C[N+](C)(C)C(O)CC.[Cl-]. The third kappa shape index (κ3) is 5.50.